The van der Waals surface area contributed by atoms with Gasteiger partial charge in [-0.25, -0.2) is 0 Å². The summed E-state index contributed by atoms with van der Waals surface area (Å²) in [5, 5.41) is 3.45. The number of aryl methyl sites for hydroxylation is 2. The van der Waals surface area contributed by atoms with Crippen LogP contribution in [0.3, 0.4) is 0 Å². The first-order valence-electron chi connectivity index (χ1n) is 10.9. The third-order valence-corrected chi connectivity index (χ3v) is 30.1. The molecular formula is C24H34P2S2. The summed E-state index contributed by atoms with van der Waals surface area (Å²) in [7, 11) is -0.202. The summed E-state index contributed by atoms with van der Waals surface area (Å²) in [6, 6.07) is 14.7. The van der Waals surface area contributed by atoms with E-state index in [1.807, 2.05) is 0 Å². The van der Waals surface area contributed by atoms with Gasteiger partial charge in [0.05, 0.1) is 0 Å². The van der Waals surface area contributed by atoms with Crippen LogP contribution in [0.15, 0.2) is 46.2 Å². The summed E-state index contributed by atoms with van der Waals surface area (Å²) in [4.78, 5) is 3.25. The molecule has 0 unspecified atom stereocenters. The Balaban J connectivity index is 1.88. The van der Waals surface area contributed by atoms with Gasteiger partial charge >= 0.3 is 182 Å². The van der Waals surface area contributed by atoms with Crippen molar-refractivity contribution in [1.29, 1.82) is 0 Å². The number of hydrogen-bond donors (Lipinski definition) is 0. The summed E-state index contributed by atoms with van der Waals surface area (Å²) < 4.78 is -1.98. The minimum atomic E-state index is -1.98. The molecule has 152 valence electrons. The van der Waals surface area contributed by atoms with E-state index in [2.05, 4.69) is 86.9 Å². The van der Waals surface area contributed by atoms with Crippen LogP contribution in [0.5, 0.6) is 0 Å². The second kappa shape index (κ2) is 8.26. The third-order valence-electron chi connectivity index (χ3n) is 6.15. The van der Waals surface area contributed by atoms with Crippen LogP contribution in [0.25, 0.3) is 0 Å². The van der Waals surface area contributed by atoms with Gasteiger partial charge in [0.1, 0.15) is 0 Å². The van der Waals surface area contributed by atoms with Crippen molar-refractivity contribution >= 4 is 45.7 Å². The Morgan fingerprint density at radius 3 is 1.61 bits per heavy atom. The van der Waals surface area contributed by atoms with Crippen LogP contribution in [0.4, 0.5) is 0 Å². The van der Waals surface area contributed by atoms with Crippen molar-refractivity contribution < 1.29 is 0 Å². The van der Waals surface area contributed by atoms with E-state index in [0.717, 1.165) is 0 Å². The quantitative estimate of drug-likeness (QED) is 0.293. The van der Waals surface area contributed by atoms with E-state index in [9.17, 15) is 0 Å². The third kappa shape index (κ3) is 3.51. The summed E-state index contributed by atoms with van der Waals surface area (Å²) in [5.41, 5.74) is 2.88. The molecule has 0 saturated heterocycles. The fourth-order valence-electron chi connectivity index (χ4n) is 4.74. The summed E-state index contributed by atoms with van der Waals surface area (Å²) in [6.07, 6.45) is 11.2. The average molecular weight is 449 g/mol. The molecule has 0 bridgehead atoms. The first-order valence-corrected chi connectivity index (χ1v) is 18.4. The van der Waals surface area contributed by atoms with E-state index in [4.69, 9.17) is 0 Å². The second-order valence-electron chi connectivity index (χ2n) is 8.56. The Labute approximate surface area is 181 Å². The predicted octanol–water partition coefficient (Wildman–Crippen LogP) is 8.63. The SMILES string of the molecule is CCCCCP12(CCCCC)Sc3ccc(C)cc3P1c1cc(C)ccc1S2. The van der Waals surface area contributed by atoms with Crippen molar-refractivity contribution in [2.75, 3.05) is 12.3 Å². The van der Waals surface area contributed by atoms with Gasteiger partial charge in [-0.15, -0.1) is 0 Å². The van der Waals surface area contributed by atoms with Crippen molar-refractivity contribution in [1.82, 2.24) is 0 Å². The molecule has 0 spiro atoms. The molecule has 0 fully saturated rings. The molecule has 0 radical (unpaired) electrons. The molecule has 0 aliphatic carbocycles. The van der Waals surface area contributed by atoms with Crippen LogP contribution in [0.2, 0.25) is 0 Å². The van der Waals surface area contributed by atoms with Crippen LogP contribution < -0.4 is 10.6 Å². The Bertz CT molecular complexity index is 807. The second-order valence-corrected chi connectivity index (χ2v) is 27.6. The normalized spacial score (nSPS) is 22.1. The maximum absolute atomic E-state index is 2.56. The van der Waals surface area contributed by atoms with Gasteiger partial charge in [-0.3, -0.25) is 0 Å². The molecule has 2 aliphatic heterocycles. The van der Waals surface area contributed by atoms with Gasteiger partial charge in [-0.1, -0.05) is 0 Å². The van der Waals surface area contributed by atoms with Gasteiger partial charge in [0.15, 0.2) is 0 Å². The van der Waals surface area contributed by atoms with Crippen molar-refractivity contribution in [2.45, 2.75) is 76.0 Å². The summed E-state index contributed by atoms with van der Waals surface area (Å²) >= 11 is 4.79. The van der Waals surface area contributed by atoms with Crippen molar-refractivity contribution in [3.05, 3.63) is 47.5 Å². The van der Waals surface area contributed by atoms with Crippen molar-refractivity contribution in [3.8, 4) is 0 Å². The van der Waals surface area contributed by atoms with Crippen LogP contribution >= 0.6 is 35.1 Å². The molecule has 0 nitrogen and oxygen atoms in total. The molecular weight excluding hydrogens is 414 g/mol. The molecule has 4 rings (SSSR count). The molecule has 0 aromatic heterocycles. The molecule has 2 aromatic carbocycles. The maximum atomic E-state index is 2.56. The molecule has 2 aliphatic rings. The monoisotopic (exact) mass is 448 g/mol. The van der Waals surface area contributed by atoms with Gasteiger partial charge in [-0.2, -0.15) is 0 Å². The first kappa shape index (κ1) is 21.2. The molecule has 0 amide bonds. The Morgan fingerprint density at radius 2 is 1.18 bits per heavy atom. The molecule has 0 atom stereocenters. The van der Waals surface area contributed by atoms with Gasteiger partial charge < -0.3 is 0 Å². The topological polar surface area (TPSA) is 0 Å². The number of rotatable bonds is 8. The van der Waals surface area contributed by atoms with E-state index < -0.39 is 4.70 Å². The minimum absolute atomic E-state index is 0.202. The molecule has 2 aromatic rings. The van der Waals surface area contributed by atoms with Gasteiger partial charge in [0.2, 0.25) is 0 Å². The Hall–Kier alpha value is -0.0000000000000000555. The number of benzene rings is 2. The Morgan fingerprint density at radius 1 is 0.714 bits per heavy atom. The Kier molecular flexibility index (Phi) is 6.27. The fourth-order valence-corrected chi connectivity index (χ4v) is 34.0. The zero-order valence-electron chi connectivity index (χ0n) is 17.8. The van der Waals surface area contributed by atoms with E-state index in [1.165, 1.54) is 62.0 Å². The van der Waals surface area contributed by atoms with Crippen LogP contribution in [0.1, 0.15) is 63.5 Å². The predicted molar refractivity (Wildman–Crippen MR) is 136 cm³/mol. The van der Waals surface area contributed by atoms with Crippen LogP contribution in [0, 0.1) is 13.8 Å². The van der Waals surface area contributed by atoms with Crippen molar-refractivity contribution in [3.63, 3.8) is 0 Å². The van der Waals surface area contributed by atoms with E-state index in [0.29, 0.717) is 0 Å². The van der Waals surface area contributed by atoms with Crippen LogP contribution in [-0.2, 0) is 0 Å². The molecule has 2 heterocycles. The van der Waals surface area contributed by atoms with Crippen molar-refractivity contribution in [2.24, 2.45) is 0 Å². The summed E-state index contributed by atoms with van der Waals surface area (Å²) in [5.74, 6) is 0. The molecule has 0 saturated carbocycles. The first-order chi connectivity index (χ1) is 13.5. The van der Waals surface area contributed by atoms with E-state index in [1.54, 1.807) is 20.4 Å². The average Bonchev–Trinajstić information content (AvgIpc) is 3.09. The number of fused-ring (bicyclic) bond motifs is 5. The molecule has 28 heavy (non-hydrogen) atoms. The number of unbranched alkanes of at least 4 members (excludes halogenated alkanes) is 4. The van der Waals surface area contributed by atoms with Crippen LogP contribution in [-0.4, -0.2) is 12.3 Å². The zero-order chi connectivity index (χ0) is 19.8. The van der Waals surface area contributed by atoms with Gasteiger partial charge in [0.25, 0.3) is 0 Å². The fraction of sp³-hybridized carbons (Fsp3) is 0.500. The molecule has 0 N–H and O–H groups in total. The van der Waals surface area contributed by atoms with Gasteiger partial charge in [-0.05, 0) is 0 Å². The number of hydrogen-bond acceptors (Lipinski definition) is 2. The summed E-state index contributed by atoms with van der Waals surface area (Å²) in [6.45, 7) is 9.26. The molecule has 4 heteroatoms. The zero-order valence-corrected chi connectivity index (χ0v) is 21.3. The van der Waals surface area contributed by atoms with E-state index in [-0.39, 0.29) is 7.61 Å². The van der Waals surface area contributed by atoms with Gasteiger partial charge in [0, 0.05) is 0 Å². The van der Waals surface area contributed by atoms with E-state index >= 15 is 0 Å². The standard InChI is InChI=1S/C24H34P2S2/c1-5-7-9-15-26(16-10-8-6-2)25(21-17-19(3)11-13-23(21)27-26)22-18-20(4)12-14-24(22)28-26/h11-14,17-18H,5-10,15-16H2,1-4H3.